The van der Waals surface area contributed by atoms with Gasteiger partial charge in [0.05, 0.1) is 32.4 Å². The number of hydrogen-bond donors (Lipinski definition) is 1. The Kier molecular flexibility index (Phi) is 4.98. The second-order valence-corrected chi connectivity index (χ2v) is 5.63. The average molecular weight is 378 g/mol. The fourth-order valence-electron chi connectivity index (χ4n) is 2.74. The number of hydrogen-bond acceptors (Lipinski definition) is 5. The summed E-state index contributed by atoms with van der Waals surface area (Å²) in [5.74, 6) is 1.36. The van der Waals surface area contributed by atoms with Crippen molar-refractivity contribution in [1.29, 1.82) is 0 Å². The van der Waals surface area contributed by atoms with Crippen LogP contribution in [0, 0.1) is 0 Å². The number of pyridine rings is 1. The van der Waals surface area contributed by atoms with Crippen LogP contribution in [-0.2, 0) is 6.18 Å². The van der Waals surface area contributed by atoms with Crippen molar-refractivity contribution in [2.45, 2.75) is 6.18 Å². The first kappa shape index (κ1) is 18.6. The van der Waals surface area contributed by atoms with E-state index in [1.54, 1.807) is 18.2 Å². The number of alkyl halides is 3. The molecule has 2 aromatic carbocycles. The van der Waals surface area contributed by atoms with Crippen LogP contribution < -0.4 is 19.5 Å². The van der Waals surface area contributed by atoms with Gasteiger partial charge in [0, 0.05) is 35.1 Å². The molecule has 8 heteroatoms. The van der Waals surface area contributed by atoms with Crippen molar-refractivity contribution in [2.24, 2.45) is 0 Å². The molecule has 0 unspecified atom stereocenters. The van der Waals surface area contributed by atoms with Gasteiger partial charge in [-0.25, -0.2) is 0 Å². The number of halogens is 3. The van der Waals surface area contributed by atoms with Crippen molar-refractivity contribution in [3.05, 3.63) is 48.2 Å². The first-order valence-electron chi connectivity index (χ1n) is 7.90. The minimum Gasteiger partial charge on any atom is -0.493 e. The lowest BCUT2D eigenvalue weighted by molar-refractivity contribution is -0.137. The van der Waals surface area contributed by atoms with Gasteiger partial charge >= 0.3 is 6.18 Å². The van der Waals surface area contributed by atoms with Crippen LogP contribution >= 0.6 is 0 Å². The number of ether oxygens (including phenoxy) is 3. The second kappa shape index (κ2) is 7.22. The maximum absolute atomic E-state index is 12.9. The van der Waals surface area contributed by atoms with E-state index in [9.17, 15) is 13.2 Å². The molecule has 0 amide bonds. The summed E-state index contributed by atoms with van der Waals surface area (Å²) in [6, 6.07) is 8.54. The topological polar surface area (TPSA) is 52.6 Å². The fraction of sp³-hybridized carbons (Fsp3) is 0.211. The maximum atomic E-state index is 12.9. The van der Waals surface area contributed by atoms with E-state index in [0.717, 1.165) is 12.1 Å². The zero-order valence-electron chi connectivity index (χ0n) is 14.8. The Morgan fingerprint density at radius 2 is 1.56 bits per heavy atom. The summed E-state index contributed by atoms with van der Waals surface area (Å²) in [5, 5.41) is 3.72. The quantitative estimate of drug-likeness (QED) is 0.675. The highest BCUT2D eigenvalue weighted by atomic mass is 19.4. The van der Waals surface area contributed by atoms with Crippen molar-refractivity contribution < 1.29 is 27.4 Å². The van der Waals surface area contributed by atoms with Crippen LogP contribution in [0.1, 0.15) is 5.56 Å². The normalized spacial score (nSPS) is 11.3. The summed E-state index contributed by atoms with van der Waals surface area (Å²) in [6.07, 6.45) is -2.97. The highest BCUT2D eigenvalue weighted by Crippen LogP contribution is 2.41. The molecule has 0 radical (unpaired) electrons. The van der Waals surface area contributed by atoms with E-state index in [4.69, 9.17) is 14.2 Å². The van der Waals surface area contributed by atoms with Gasteiger partial charge in [-0.1, -0.05) is 6.07 Å². The van der Waals surface area contributed by atoms with Crippen molar-refractivity contribution in [3.63, 3.8) is 0 Å². The predicted octanol–water partition coefficient (Wildman–Crippen LogP) is 5.02. The van der Waals surface area contributed by atoms with Crippen LogP contribution in [0.25, 0.3) is 10.9 Å². The molecule has 0 aliphatic heterocycles. The number of nitrogens with one attached hydrogen (secondary N) is 1. The Balaban J connectivity index is 2.04. The molecule has 0 spiro atoms. The SMILES string of the molecule is COc1cc(Nc2ccnc3cc(C(F)(F)F)ccc23)cc(OC)c1OC. The molecule has 0 aliphatic carbocycles. The molecule has 0 fully saturated rings. The van der Waals surface area contributed by atoms with Gasteiger partial charge in [-0.2, -0.15) is 13.2 Å². The van der Waals surface area contributed by atoms with Crippen molar-refractivity contribution in [3.8, 4) is 17.2 Å². The summed E-state index contributed by atoms with van der Waals surface area (Å²) >= 11 is 0. The van der Waals surface area contributed by atoms with E-state index in [1.807, 2.05) is 0 Å². The van der Waals surface area contributed by atoms with Gasteiger partial charge < -0.3 is 19.5 Å². The summed E-state index contributed by atoms with van der Waals surface area (Å²) < 4.78 is 54.7. The molecule has 27 heavy (non-hydrogen) atoms. The molecule has 0 saturated carbocycles. The van der Waals surface area contributed by atoms with E-state index in [2.05, 4.69) is 10.3 Å². The minimum absolute atomic E-state index is 0.238. The van der Waals surface area contributed by atoms with Gasteiger partial charge in [-0.15, -0.1) is 0 Å². The van der Waals surface area contributed by atoms with E-state index >= 15 is 0 Å². The number of benzene rings is 2. The molecule has 3 rings (SSSR count). The van der Waals surface area contributed by atoms with Gasteiger partial charge in [0.25, 0.3) is 0 Å². The van der Waals surface area contributed by atoms with Gasteiger partial charge in [0.2, 0.25) is 5.75 Å². The van der Waals surface area contributed by atoms with Gasteiger partial charge in [-0.3, -0.25) is 4.98 Å². The molecule has 5 nitrogen and oxygen atoms in total. The standard InChI is InChI=1S/C19H17F3N2O3/c1-25-16-9-12(10-17(26-2)18(16)27-3)24-14-6-7-23-15-8-11(19(20,21)22)4-5-13(14)15/h4-10H,1-3H3,(H,23,24). The number of aromatic nitrogens is 1. The monoisotopic (exact) mass is 378 g/mol. The Morgan fingerprint density at radius 1 is 0.889 bits per heavy atom. The summed E-state index contributed by atoms with van der Waals surface area (Å²) in [4.78, 5) is 4.04. The fourth-order valence-corrected chi connectivity index (χ4v) is 2.74. The molecular formula is C19H17F3N2O3. The Hall–Kier alpha value is -3.16. The molecular weight excluding hydrogens is 361 g/mol. The third-order valence-corrected chi connectivity index (χ3v) is 4.01. The molecule has 1 aromatic heterocycles. The number of fused-ring (bicyclic) bond motifs is 1. The Bertz CT molecular complexity index is 949. The van der Waals surface area contributed by atoms with Gasteiger partial charge in [-0.05, 0) is 18.2 Å². The number of nitrogens with zero attached hydrogens (tertiary/aromatic N) is 1. The number of anilines is 2. The van der Waals surface area contributed by atoms with Crippen LogP contribution in [0.4, 0.5) is 24.5 Å². The van der Waals surface area contributed by atoms with E-state index in [1.165, 1.54) is 33.6 Å². The molecule has 0 aliphatic rings. The summed E-state index contributed by atoms with van der Waals surface area (Å²) in [6.45, 7) is 0. The Labute approximate surface area is 153 Å². The lowest BCUT2D eigenvalue weighted by Crippen LogP contribution is -2.05. The van der Waals surface area contributed by atoms with Crippen molar-refractivity contribution >= 4 is 22.3 Å². The highest BCUT2D eigenvalue weighted by molar-refractivity contribution is 5.93. The van der Waals surface area contributed by atoms with Gasteiger partial charge in [0.15, 0.2) is 11.5 Å². The third-order valence-electron chi connectivity index (χ3n) is 4.01. The molecule has 1 N–H and O–H groups in total. The van der Waals surface area contributed by atoms with Crippen LogP contribution in [0.3, 0.4) is 0 Å². The smallest absolute Gasteiger partial charge is 0.416 e. The molecule has 0 bridgehead atoms. The van der Waals surface area contributed by atoms with Crippen molar-refractivity contribution in [2.75, 3.05) is 26.6 Å². The van der Waals surface area contributed by atoms with Crippen LogP contribution in [0.15, 0.2) is 42.6 Å². The Morgan fingerprint density at radius 3 is 2.11 bits per heavy atom. The molecule has 1 heterocycles. The van der Waals surface area contributed by atoms with E-state index in [-0.39, 0.29) is 5.52 Å². The van der Waals surface area contributed by atoms with Crippen LogP contribution in [-0.4, -0.2) is 26.3 Å². The first-order chi connectivity index (χ1) is 12.9. The predicted molar refractivity (Wildman–Crippen MR) is 96.1 cm³/mol. The van der Waals surface area contributed by atoms with Gasteiger partial charge in [0.1, 0.15) is 0 Å². The number of methoxy groups -OCH3 is 3. The summed E-state index contributed by atoms with van der Waals surface area (Å²) in [5.41, 5.74) is 0.717. The van der Waals surface area contributed by atoms with E-state index < -0.39 is 11.7 Å². The average Bonchev–Trinajstić information content (AvgIpc) is 2.66. The largest absolute Gasteiger partial charge is 0.493 e. The lowest BCUT2D eigenvalue weighted by atomic mass is 10.1. The maximum Gasteiger partial charge on any atom is 0.416 e. The van der Waals surface area contributed by atoms with Crippen molar-refractivity contribution in [1.82, 2.24) is 4.98 Å². The highest BCUT2D eigenvalue weighted by Gasteiger charge is 2.30. The minimum atomic E-state index is -4.42. The number of rotatable bonds is 5. The van der Waals surface area contributed by atoms with Crippen LogP contribution in [0.5, 0.6) is 17.2 Å². The lowest BCUT2D eigenvalue weighted by Gasteiger charge is -2.16. The van der Waals surface area contributed by atoms with E-state index in [0.29, 0.717) is 34.0 Å². The second-order valence-electron chi connectivity index (χ2n) is 5.63. The molecule has 3 aromatic rings. The summed E-state index contributed by atoms with van der Waals surface area (Å²) in [7, 11) is 4.51. The third kappa shape index (κ3) is 3.69. The first-order valence-corrected chi connectivity index (χ1v) is 7.90. The molecule has 142 valence electrons. The van der Waals surface area contributed by atoms with Crippen LogP contribution in [0.2, 0.25) is 0 Å². The zero-order chi connectivity index (χ0) is 19.6. The zero-order valence-corrected chi connectivity index (χ0v) is 14.8. The molecule has 0 atom stereocenters. The molecule has 0 saturated heterocycles.